The largest absolute Gasteiger partial charge is 0.366 e. The molecule has 8 heteroatoms. The Hall–Kier alpha value is -3.26. The molecule has 0 spiro atoms. The van der Waals surface area contributed by atoms with E-state index in [4.69, 9.17) is 11.5 Å². The lowest BCUT2D eigenvalue weighted by Gasteiger charge is -2.17. The third kappa shape index (κ3) is 5.17. The number of nitrogens with two attached hydrogens (primary N) is 2. The fourth-order valence-corrected chi connectivity index (χ4v) is 3.10. The number of carbonyl (C=O) groups excluding carboxylic acids is 1. The number of hydrogen-bond acceptors (Lipinski definition) is 6. The van der Waals surface area contributed by atoms with Gasteiger partial charge in [0.1, 0.15) is 5.82 Å². The zero-order valence-electron chi connectivity index (χ0n) is 16.4. The number of aromatic nitrogens is 2. The minimum Gasteiger partial charge on any atom is -0.366 e. The Morgan fingerprint density at radius 1 is 1.21 bits per heavy atom. The molecule has 0 aliphatic heterocycles. The number of rotatable bonds is 8. The van der Waals surface area contributed by atoms with E-state index in [0.29, 0.717) is 18.2 Å². The van der Waals surface area contributed by atoms with Gasteiger partial charge in [-0.25, -0.2) is 9.37 Å². The first-order chi connectivity index (χ1) is 13.8. The maximum Gasteiger partial charge on any atom is 0.252 e. The van der Waals surface area contributed by atoms with Gasteiger partial charge in [0.25, 0.3) is 5.91 Å². The average molecular weight is 396 g/mol. The number of nitrogens with one attached hydrogen (secondary N) is 2. The summed E-state index contributed by atoms with van der Waals surface area (Å²) in [6, 6.07) is 10.2. The lowest BCUT2D eigenvalue weighted by molar-refractivity contribution is 0.100. The number of hydrogen-bond donors (Lipinski definition) is 4. The Bertz CT molecular complexity index is 1020. The van der Waals surface area contributed by atoms with Gasteiger partial charge in [0.05, 0.1) is 11.1 Å². The Balaban J connectivity index is 1.87. The molecule has 1 amide bonds. The highest BCUT2D eigenvalue weighted by atomic mass is 19.1. The summed E-state index contributed by atoms with van der Waals surface area (Å²) in [5.41, 5.74) is 12.9. The maximum atomic E-state index is 14.4. The highest BCUT2D eigenvalue weighted by molar-refractivity contribution is 5.99. The number of carbonyl (C=O) groups is 1. The van der Waals surface area contributed by atoms with E-state index < -0.39 is 11.7 Å². The van der Waals surface area contributed by atoms with Crippen molar-refractivity contribution in [2.75, 3.05) is 17.2 Å². The number of fused-ring (bicyclic) bond motifs is 1. The molecule has 0 fully saturated rings. The molecule has 0 radical (unpaired) electrons. The van der Waals surface area contributed by atoms with Gasteiger partial charge in [-0.2, -0.15) is 0 Å². The highest BCUT2D eigenvalue weighted by Gasteiger charge is 2.17. The van der Waals surface area contributed by atoms with Crippen LogP contribution in [0.2, 0.25) is 0 Å². The third-order valence-electron chi connectivity index (χ3n) is 4.41. The second kappa shape index (κ2) is 8.83. The molecular formula is C21H25FN6O. The van der Waals surface area contributed by atoms with Gasteiger partial charge in [-0.3, -0.25) is 9.78 Å². The molecule has 0 saturated carbocycles. The molecule has 7 nitrogen and oxygen atoms in total. The molecule has 3 aromatic rings. The van der Waals surface area contributed by atoms with Crippen LogP contribution in [0, 0.1) is 11.7 Å². The summed E-state index contributed by atoms with van der Waals surface area (Å²) in [5.74, 6) is -0.823. The first kappa shape index (κ1) is 20.5. The van der Waals surface area contributed by atoms with Crippen molar-refractivity contribution in [2.45, 2.75) is 26.3 Å². The molecule has 29 heavy (non-hydrogen) atoms. The van der Waals surface area contributed by atoms with Crippen molar-refractivity contribution in [2.24, 2.45) is 17.4 Å². The summed E-state index contributed by atoms with van der Waals surface area (Å²) in [7, 11) is 0. The predicted octanol–water partition coefficient (Wildman–Crippen LogP) is 3.40. The molecule has 1 aromatic carbocycles. The maximum absolute atomic E-state index is 14.4. The lowest BCUT2D eigenvalue weighted by atomic mass is 10.0. The van der Waals surface area contributed by atoms with E-state index in [1.165, 1.54) is 0 Å². The number of halogens is 1. The van der Waals surface area contributed by atoms with E-state index in [2.05, 4.69) is 34.4 Å². The summed E-state index contributed by atoms with van der Waals surface area (Å²) >= 11 is 0. The number of amides is 1. The second-order valence-corrected chi connectivity index (χ2v) is 7.39. The van der Waals surface area contributed by atoms with E-state index >= 15 is 0 Å². The van der Waals surface area contributed by atoms with E-state index in [1.807, 2.05) is 24.3 Å². The average Bonchev–Trinajstić information content (AvgIpc) is 2.67. The Morgan fingerprint density at radius 2 is 2.00 bits per heavy atom. The fourth-order valence-electron chi connectivity index (χ4n) is 3.10. The number of benzene rings is 1. The Morgan fingerprint density at radius 3 is 2.72 bits per heavy atom. The smallest absolute Gasteiger partial charge is 0.252 e. The van der Waals surface area contributed by atoms with Crippen molar-refractivity contribution >= 4 is 34.1 Å². The van der Waals surface area contributed by atoms with Crippen LogP contribution in [0.4, 0.5) is 21.7 Å². The van der Waals surface area contributed by atoms with Gasteiger partial charge in [-0.05, 0) is 42.7 Å². The SMILES string of the molecule is CC(C)C[C@H](N)CNc1nc(Nc2ccc3ncccc3c2)c(C(N)=O)cc1F. The number of nitrogens with zero attached hydrogens (tertiary/aromatic N) is 2. The molecule has 1 atom stereocenters. The van der Waals surface area contributed by atoms with E-state index in [0.717, 1.165) is 23.4 Å². The van der Waals surface area contributed by atoms with Gasteiger partial charge in [-0.15, -0.1) is 0 Å². The van der Waals surface area contributed by atoms with Gasteiger partial charge < -0.3 is 22.1 Å². The first-order valence-corrected chi connectivity index (χ1v) is 9.45. The molecule has 0 bridgehead atoms. The van der Waals surface area contributed by atoms with E-state index in [-0.39, 0.29) is 23.2 Å². The van der Waals surface area contributed by atoms with Crippen molar-refractivity contribution in [1.82, 2.24) is 9.97 Å². The monoisotopic (exact) mass is 396 g/mol. The van der Waals surface area contributed by atoms with Crippen LogP contribution in [-0.4, -0.2) is 28.5 Å². The molecule has 0 aliphatic rings. The molecule has 0 aliphatic carbocycles. The lowest BCUT2D eigenvalue weighted by Crippen LogP contribution is -2.31. The molecule has 0 saturated heterocycles. The summed E-state index contributed by atoms with van der Waals surface area (Å²) in [4.78, 5) is 20.3. The highest BCUT2D eigenvalue weighted by Crippen LogP contribution is 2.25. The van der Waals surface area contributed by atoms with E-state index in [1.54, 1.807) is 12.3 Å². The normalized spacial score (nSPS) is 12.2. The Labute approximate surface area is 168 Å². The first-order valence-electron chi connectivity index (χ1n) is 9.45. The van der Waals surface area contributed by atoms with Crippen LogP contribution in [-0.2, 0) is 0 Å². The standard InChI is InChI=1S/C21H25FN6O/c1-12(2)8-14(23)11-26-21-17(22)10-16(19(24)29)20(28-21)27-15-5-6-18-13(9-15)4-3-7-25-18/h3-7,9-10,12,14H,8,11,23H2,1-2H3,(H2,24,29)(H2,26,27,28)/t14-/m0/s1. The molecule has 152 valence electrons. The van der Waals surface area contributed by atoms with Crippen molar-refractivity contribution in [3.63, 3.8) is 0 Å². The zero-order valence-corrected chi connectivity index (χ0v) is 16.4. The molecular weight excluding hydrogens is 371 g/mol. The topological polar surface area (TPSA) is 119 Å². The van der Waals surface area contributed by atoms with Gasteiger partial charge in [0, 0.05) is 29.9 Å². The van der Waals surface area contributed by atoms with Crippen LogP contribution in [0.25, 0.3) is 10.9 Å². The van der Waals surface area contributed by atoms with Crippen molar-refractivity contribution in [3.8, 4) is 0 Å². The van der Waals surface area contributed by atoms with Crippen molar-refractivity contribution < 1.29 is 9.18 Å². The fraction of sp³-hybridized carbons (Fsp3) is 0.286. The van der Waals surface area contributed by atoms with Crippen LogP contribution in [0.5, 0.6) is 0 Å². The van der Waals surface area contributed by atoms with Gasteiger partial charge in [-0.1, -0.05) is 19.9 Å². The number of anilines is 3. The second-order valence-electron chi connectivity index (χ2n) is 7.39. The minimum atomic E-state index is -0.774. The van der Waals surface area contributed by atoms with Crippen LogP contribution in [0.3, 0.4) is 0 Å². The number of primary amides is 1. The molecule has 2 heterocycles. The molecule has 0 unspecified atom stereocenters. The molecule has 2 aromatic heterocycles. The zero-order chi connectivity index (χ0) is 21.0. The quantitative estimate of drug-likeness (QED) is 0.463. The Kier molecular flexibility index (Phi) is 6.23. The summed E-state index contributed by atoms with van der Waals surface area (Å²) in [5, 5.41) is 6.90. The van der Waals surface area contributed by atoms with E-state index in [9.17, 15) is 9.18 Å². The summed E-state index contributed by atoms with van der Waals surface area (Å²) in [6.07, 6.45) is 2.51. The molecule has 3 rings (SSSR count). The predicted molar refractivity (Wildman–Crippen MR) is 114 cm³/mol. The van der Waals surface area contributed by atoms with Crippen LogP contribution in [0.15, 0.2) is 42.6 Å². The van der Waals surface area contributed by atoms with Crippen LogP contribution >= 0.6 is 0 Å². The summed E-state index contributed by atoms with van der Waals surface area (Å²) in [6.45, 7) is 4.50. The number of pyridine rings is 2. The molecule has 6 N–H and O–H groups in total. The minimum absolute atomic E-state index is 0.0131. The van der Waals surface area contributed by atoms with Crippen molar-refractivity contribution in [1.29, 1.82) is 0 Å². The van der Waals surface area contributed by atoms with Crippen LogP contribution < -0.4 is 22.1 Å². The third-order valence-corrected chi connectivity index (χ3v) is 4.41. The van der Waals surface area contributed by atoms with Gasteiger partial charge in [0.15, 0.2) is 11.6 Å². The van der Waals surface area contributed by atoms with Gasteiger partial charge in [0.2, 0.25) is 0 Å². The van der Waals surface area contributed by atoms with Gasteiger partial charge >= 0.3 is 0 Å². The summed E-state index contributed by atoms with van der Waals surface area (Å²) < 4.78 is 14.4. The van der Waals surface area contributed by atoms with Crippen molar-refractivity contribution in [3.05, 3.63) is 54.0 Å². The van der Waals surface area contributed by atoms with Crippen LogP contribution in [0.1, 0.15) is 30.6 Å².